The summed E-state index contributed by atoms with van der Waals surface area (Å²) in [6.07, 6.45) is 0. The first-order valence-electron chi connectivity index (χ1n) is 7.63. The van der Waals surface area contributed by atoms with E-state index in [1.54, 1.807) is 7.11 Å². The number of ether oxygens (including phenoxy) is 2. The Labute approximate surface area is 165 Å². The smallest absolute Gasteiger partial charge is 0.277 e. The van der Waals surface area contributed by atoms with E-state index in [1.165, 1.54) is 0 Å². The van der Waals surface area contributed by atoms with E-state index in [1.807, 2.05) is 19.1 Å². The van der Waals surface area contributed by atoms with Crippen molar-refractivity contribution in [1.29, 1.82) is 0 Å². The molecule has 26 heavy (non-hydrogen) atoms. The van der Waals surface area contributed by atoms with Gasteiger partial charge in [0, 0.05) is 19.6 Å². The Balaban J connectivity index is 0.00000338. The fraction of sp³-hybridized carbons (Fsp3) is 0.400. The van der Waals surface area contributed by atoms with Crippen molar-refractivity contribution < 1.29 is 18.9 Å². The number of hydrogen-bond donors (Lipinski definition) is 3. The fourth-order valence-electron chi connectivity index (χ4n) is 2.12. The van der Waals surface area contributed by atoms with E-state index in [-0.39, 0.29) is 23.9 Å². The van der Waals surface area contributed by atoms with Crippen LogP contribution in [0.15, 0.2) is 21.2 Å². The SMILES string of the molecule is CCOc1cc(CNCCNC(=O)c2nonc2N)cc(Br)c1OC.Cl. The number of anilines is 1. The van der Waals surface area contributed by atoms with Crippen LogP contribution in [0.3, 0.4) is 0 Å². The maximum absolute atomic E-state index is 11.8. The van der Waals surface area contributed by atoms with Crippen LogP contribution in [0.1, 0.15) is 23.0 Å². The van der Waals surface area contributed by atoms with E-state index in [2.05, 4.69) is 41.5 Å². The molecule has 0 aliphatic carbocycles. The van der Waals surface area contributed by atoms with Gasteiger partial charge in [-0.3, -0.25) is 4.79 Å². The molecule has 0 atom stereocenters. The van der Waals surface area contributed by atoms with E-state index in [4.69, 9.17) is 15.2 Å². The van der Waals surface area contributed by atoms with Crippen molar-refractivity contribution >= 4 is 40.1 Å². The Bertz CT molecular complexity index is 728. The van der Waals surface area contributed by atoms with Gasteiger partial charge in [-0.05, 0) is 50.9 Å². The third kappa shape index (κ3) is 5.75. The number of nitrogens with two attached hydrogens (primary N) is 1. The largest absolute Gasteiger partial charge is 0.492 e. The summed E-state index contributed by atoms with van der Waals surface area (Å²) < 4.78 is 16.1. The van der Waals surface area contributed by atoms with E-state index >= 15 is 0 Å². The molecule has 0 fully saturated rings. The van der Waals surface area contributed by atoms with Crippen LogP contribution in [-0.2, 0) is 6.54 Å². The summed E-state index contributed by atoms with van der Waals surface area (Å²) in [4.78, 5) is 11.8. The maximum Gasteiger partial charge on any atom is 0.277 e. The molecule has 0 unspecified atom stereocenters. The van der Waals surface area contributed by atoms with Crippen LogP contribution in [0.5, 0.6) is 11.5 Å². The predicted octanol–water partition coefficient (Wildman–Crippen LogP) is 1.76. The Kier molecular flexibility index (Phi) is 9.17. The summed E-state index contributed by atoms with van der Waals surface area (Å²) in [6, 6.07) is 3.87. The number of nitrogen functional groups attached to an aromatic ring is 1. The second kappa shape index (κ2) is 10.8. The fourth-order valence-corrected chi connectivity index (χ4v) is 2.77. The van der Waals surface area contributed by atoms with E-state index in [9.17, 15) is 4.79 Å². The lowest BCUT2D eigenvalue weighted by atomic mass is 10.2. The summed E-state index contributed by atoms with van der Waals surface area (Å²) in [5, 5.41) is 12.7. The molecule has 0 saturated carbocycles. The molecule has 1 aromatic heterocycles. The number of halogens is 2. The van der Waals surface area contributed by atoms with Gasteiger partial charge in [0.2, 0.25) is 11.5 Å². The average Bonchev–Trinajstić information content (AvgIpc) is 3.01. The molecule has 0 spiro atoms. The van der Waals surface area contributed by atoms with Crippen molar-refractivity contribution in [3.05, 3.63) is 27.9 Å². The zero-order valence-electron chi connectivity index (χ0n) is 14.4. The monoisotopic (exact) mass is 449 g/mol. The molecule has 2 aromatic rings. The van der Waals surface area contributed by atoms with E-state index in [0.717, 1.165) is 10.0 Å². The van der Waals surface area contributed by atoms with Crippen molar-refractivity contribution in [2.24, 2.45) is 0 Å². The first kappa shape index (κ1) is 22.0. The molecule has 0 bridgehead atoms. The second-order valence-corrected chi connectivity index (χ2v) is 5.83. The highest BCUT2D eigenvalue weighted by molar-refractivity contribution is 9.10. The summed E-state index contributed by atoms with van der Waals surface area (Å²) in [6.45, 7) is 4.03. The number of carbonyl (C=O) groups is 1. The predicted molar refractivity (Wildman–Crippen MR) is 102 cm³/mol. The quantitative estimate of drug-likeness (QED) is 0.494. The summed E-state index contributed by atoms with van der Waals surface area (Å²) in [5.41, 5.74) is 6.46. The Morgan fingerprint density at radius 2 is 2.12 bits per heavy atom. The molecular weight excluding hydrogens is 430 g/mol. The number of hydrogen-bond acceptors (Lipinski definition) is 8. The van der Waals surface area contributed by atoms with Crippen LogP contribution < -0.4 is 25.8 Å². The molecule has 11 heteroatoms. The minimum atomic E-state index is -0.425. The number of rotatable bonds is 9. The highest BCUT2D eigenvalue weighted by Gasteiger charge is 2.15. The Morgan fingerprint density at radius 1 is 1.35 bits per heavy atom. The molecule has 0 aliphatic rings. The maximum atomic E-state index is 11.8. The van der Waals surface area contributed by atoms with Crippen molar-refractivity contribution in [3.63, 3.8) is 0 Å². The van der Waals surface area contributed by atoms with Crippen molar-refractivity contribution in [2.75, 3.05) is 32.5 Å². The molecule has 144 valence electrons. The van der Waals surface area contributed by atoms with Crippen LogP contribution in [0.4, 0.5) is 5.82 Å². The molecular formula is C15H21BrClN5O4. The minimum absolute atomic E-state index is 0. The zero-order valence-corrected chi connectivity index (χ0v) is 16.8. The number of carbonyl (C=O) groups excluding carboxylic acids is 1. The molecule has 0 radical (unpaired) electrons. The van der Waals surface area contributed by atoms with Gasteiger partial charge >= 0.3 is 0 Å². The Hall–Kier alpha value is -2.04. The molecule has 1 heterocycles. The number of nitrogens with zero attached hydrogens (tertiary/aromatic N) is 2. The average molecular weight is 451 g/mol. The van der Waals surface area contributed by atoms with Gasteiger partial charge in [-0.25, -0.2) is 4.63 Å². The molecule has 9 nitrogen and oxygen atoms in total. The lowest BCUT2D eigenvalue weighted by molar-refractivity contribution is 0.0944. The number of aromatic nitrogens is 2. The normalized spacial score (nSPS) is 10.1. The van der Waals surface area contributed by atoms with Crippen molar-refractivity contribution in [1.82, 2.24) is 20.9 Å². The second-order valence-electron chi connectivity index (χ2n) is 4.97. The molecule has 1 amide bonds. The van der Waals surface area contributed by atoms with Crippen LogP contribution in [0.25, 0.3) is 0 Å². The number of methoxy groups -OCH3 is 1. The summed E-state index contributed by atoms with van der Waals surface area (Å²) in [5.74, 6) is 0.888. The van der Waals surface area contributed by atoms with Gasteiger partial charge in [0.05, 0.1) is 18.2 Å². The number of nitrogens with one attached hydrogen (secondary N) is 2. The van der Waals surface area contributed by atoms with E-state index < -0.39 is 5.91 Å². The molecule has 0 aliphatic heterocycles. The third-order valence-corrected chi connectivity index (χ3v) is 3.81. The standard InChI is InChI=1S/C15H20BrN5O4.ClH/c1-3-24-11-7-9(6-10(16)13(11)23-2)8-18-4-5-19-15(22)12-14(17)21-25-20-12;/h6-7,18H,3-5,8H2,1-2H3,(H2,17,21)(H,19,22);1H. The first-order valence-corrected chi connectivity index (χ1v) is 8.42. The first-order chi connectivity index (χ1) is 12.1. The van der Waals surface area contributed by atoms with Crippen LogP contribution in [0.2, 0.25) is 0 Å². The van der Waals surface area contributed by atoms with Crippen molar-refractivity contribution in [2.45, 2.75) is 13.5 Å². The molecule has 2 rings (SSSR count). The highest BCUT2D eigenvalue weighted by Crippen LogP contribution is 2.36. The number of amides is 1. The number of benzene rings is 1. The lowest BCUT2D eigenvalue weighted by Gasteiger charge is -2.13. The van der Waals surface area contributed by atoms with Gasteiger partial charge in [-0.1, -0.05) is 0 Å². The van der Waals surface area contributed by atoms with Gasteiger partial charge in [0.25, 0.3) is 5.91 Å². The highest BCUT2D eigenvalue weighted by atomic mass is 79.9. The topological polar surface area (TPSA) is 125 Å². The Morgan fingerprint density at radius 3 is 2.73 bits per heavy atom. The molecule has 4 N–H and O–H groups in total. The molecule has 0 saturated heterocycles. The van der Waals surface area contributed by atoms with Gasteiger partial charge in [0.15, 0.2) is 11.5 Å². The van der Waals surface area contributed by atoms with Gasteiger partial charge in [-0.2, -0.15) is 0 Å². The van der Waals surface area contributed by atoms with E-state index in [0.29, 0.717) is 37.7 Å². The minimum Gasteiger partial charge on any atom is -0.492 e. The van der Waals surface area contributed by atoms with Gasteiger partial charge in [0.1, 0.15) is 0 Å². The third-order valence-electron chi connectivity index (χ3n) is 3.22. The van der Waals surface area contributed by atoms with Crippen LogP contribution >= 0.6 is 28.3 Å². The summed E-state index contributed by atoms with van der Waals surface area (Å²) in [7, 11) is 1.60. The van der Waals surface area contributed by atoms with Crippen LogP contribution in [-0.4, -0.2) is 43.0 Å². The lowest BCUT2D eigenvalue weighted by Crippen LogP contribution is -2.32. The molecule has 1 aromatic carbocycles. The summed E-state index contributed by atoms with van der Waals surface area (Å²) >= 11 is 3.48. The van der Waals surface area contributed by atoms with Gasteiger partial charge in [-0.15, -0.1) is 12.4 Å². The van der Waals surface area contributed by atoms with Crippen molar-refractivity contribution in [3.8, 4) is 11.5 Å². The van der Waals surface area contributed by atoms with Crippen LogP contribution in [0, 0.1) is 0 Å². The zero-order chi connectivity index (χ0) is 18.2. The van der Waals surface area contributed by atoms with Gasteiger partial charge < -0.3 is 25.8 Å².